The minimum Gasteiger partial charge on any atom is -0.490 e. The first kappa shape index (κ1) is 42.1. The number of hydrogen-bond donors (Lipinski definition) is 4. The molecule has 0 spiro atoms. The van der Waals surface area contributed by atoms with Gasteiger partial charge in [-0.2, -0.15) is 0 Å². The number of nitrogens with zero attached hydrogens (tertiary/aromatic N) is 2. The van der Waals surface area contributed by atoms with Crippen LogP contribution in [0.5, 0.6) is 5.75 Å². The van der Waals surface area contributed by atoms with Crippen LogP contribution >= 0.6 is 0 Å². The molecule has 4 rings (SSSR count). The van der Waals surface area contributed by atoms with Crippen molar-refractivity contribution in [2.45, 2.75) is 122 Å². The van der Waals surface area contributed by atoms with Crippen LogP contribution in [-0.2, 0) is 14.3 Å². The molecular formula is C42H65N5O6. The van der Waals surface area contributed by atoms with Gasteiger partial charge in [-0.25, -0.2) is 0 Å². The van der Waals surface area contributed by atoms with Crippen molar-refractivity contribution in [3.05, 3.63) is 48.0 Å². The lowest BCUT2D eigenvalue weighted by Crippen LogP contribution is -2.47. The molecule has 4 atom stereocenters. The van der Waals surface area contributed by atoms with Crippen LogP contribution in [-0.4, -0.2) is 90.8 Å². The molecule has 11 heteroatoms. The highest BCUT2D eigenvalue weighted by Crippen LogP contribution is 2.29. The molecule has 0 bridgehead atoms. The molecule has 5 N–H and O–H groups in total. The molecule has 3 amide bonds. The van der Waals surface area contributed by atoms with Gasteiger partial charge in [0, 0.05) is 50.7 Å². The van der Waals surface area contributed by atoms with E-state index in [1.165, 1.54) is 32.1 Å². The van der Waals surface area contributed by atoms with Gasteiger partial charge in [0.15, 0.2) is 0 Å². The number of para-hydroxylation sites is 2. The third-order valence-corrected chi connectivity index (χ3v) is 10.7. The maximum atomic E-state index is 14.5. The predicted octanol–water partition coefficient (Wildman–Crippen LogP) is 7.10. The SMILES string of the molecule is C[C@@H]1CCCCO[C@@H](CN(C)CC2CCCCC2)[C@H](C)CN([C@@H](C)CO)C(=O)c2cc(NC(=O)CCCCCC(=O)Nc3ccccc3N)ccc2O1. The van der Waals surface area contributed by atoms with E-state index in [0.29, 0.717) is 67.2 Å². The lowest BCUT2D eigenvalue weighted by molar-refractivity contribution is -0.116. The molecule has 0 saturated heterocycles. The van der Waals surface area contributed by atoms with Crippen LogP contribution in [0.15, 0.2) is 42.5 Å². The van der Waals surface area contributed by atoms with Crippen molar-refractivity contribution in [1.82, 2.24) is 9.80 Å². The average Bonchev–Trinajstić information content (AvgIpc) is 3.14. The quantitative estimate of drug-likeness (QED) is 0.119. The van der Waals surface area contributed by atoms with Crippen molar-refractivity contribution in [3.8, 4) is 5.75 Å². The fourth-order valence-electron chi connectivity index (χ4n) is 7.45. The summed E-state index contributed by atoms with van der Waals surface area (Å²) >= 11 is 0. The van der Waals surface area contributed by atoms with Gasteiger partial charge in [-0.15, -0.1) is 0 Å². The number of aliphatic hydroxyl groups excluding tert-OH is 1. The van der Waals surface area contributed by atoms with Gasteiger partial charge in [0.25, 0.3) is 5.91 Å². The molecular weight excluding hydrogens is 670 g/mol. The number of nitrogens with two attached hydrogens (primary N) is 1. The van der Waals surface area contributed by atoms with Gasteiger partial charge < -0.3 is 40.7 Å². The summed E-state index contributed by atoms with van der Waals surface area (Å²) in [7, 11) is 2.18. The van der Waals surface area contributed by atoms with E-state index in [-0.39, 0.29) is 48.9 Å². The molecule has 0 unspecified atom stereocenters. The number of rotatable bonds is 14. The van der Waals surface area contributed by atoms with E-state index in [4.69, 9.17) is 15.2 Å². The maximum absolute atomic E-state index is 14.5. The third-order valence-electron chi connectivity index (χ3n) is 10.7. The summed E-state index contributed by atoms with van der Waals surface area (Å²) < 4.78 is 12.9. The molecule has 1 saturated carbocycles. The highest BCUT2D eigenvalue weighted by atomic mass is 16.5. The standard InChI is InChI=1S/C42H65N5O6/c1-30-26-47(31(2)29-48)42(51)35-25-34(44-40(49)20-9-6-10-21-41(50)45-37-19-12-11-18-36(37)43)22-23-38(35)53-32(3)15-13-14-24-52-39(30)28-46(4)27-33-16-7-5-8-17-33/h11-12,18-19,22-23,25,30-33,39,48H,5-10,13-17,20-21,24,26-29,43H2,1-4H3,(H,44,49)(H,45,50)/t30-,31+,32-,39+/m1/s1. The number of amides is 3. The summed E-state index contributed by atoms with van der Waals surface area (Å²) in [5.41, 5.74) is 7.90. The van der Waals surface area contributed by atoms with E-state index in [9.17, 15) is 19.5 Å². The Hall–Kier alpha value is -3.67. The third kappa shape index (κ3) is 13.9. The average molecular weight is 736 g/mol. The van der Waals surface area contributed by atoms with E-state index < -0.39 is 6.04 Å². The van der Waals surface area contributed by atoms with Crippen LogP contribution in [0.4, 0.5) is 17.1 Å². The first-order valence-electron chi connectivity index (χ1n) is 20.0. The van der Waals surface area contributed by atoms with E-state index >= 15 is 0 Å². The lowest BCUT2D eigenvalue weighted by atomic mass is 9.89. The van der Waals surface area contributed by atoms with Gasteiger partial charge >= 0.3 is 0 Å². The highest BCUT2D eigenvalue weighted by Gasteiger charge is 2.31. The Morgan fingerprint density at radius 3 is 2.36 bits per heavy atom. The van der Waals surface area contributed by atoms with Crippen LogP contribution in [0.25, 0.3) is 0 Å². The Morgan fingerprint density at radius 2 is 1.64 bits per heavy atom. The van der Waals surface area contributed by atoms with Crippen LogP contribution < -0.4 is 21.1 Å². The summed E-state index contributed by atoms with van der Waals surface area (Å²) in [6.45, 7) is 8.72. The molecule has 2 aromatic carbocycles. The van der Waals surface area contributed by atoms with Crippen LogP contribution in [0.2, 0.25) is 0 Å². The molecule has 2 aromatic rings. The van der Waals surface area contributed by atoms with Crippen molar-refractivity contribution >= 4 is 34.8 Å². The van der Waals surface area contributed by atoms with Crippen molar-refractivity contribution in [2.75, 3.05) is 56.3 Å². The molecule has 1 aliphatic carbocycles. The Labute approximate surface area is 317 Å². The van der Waals surface area contributed by atoms with Gasteiger partial charge in [0.1, 0.15) is 5.75 Å². The fourth-order valence-corrected chi connectivity index (χ4v) is 7.45. The number of fused-ring (bicyclic) bond motifs is 1. The number of nitrogens with one attached hydrogen (secondary N) is 2. The Balaban J connectivity index is 1.40. The molecule has 1 fully saturated rings. The van der Waals surface area contributed by atoms with E-state index in [2.05, 4.69) is 29.5 Å². The number of nitrogen functional groups attached to an aromatic ring is 1. The molecule has 0 aromatic heterocycles. The number of anilines is 3. The summed E-state index contributed by atoms with van der Waals surface area (Å²) in [5.74, 6) is 0.678. The van der Waals surface area contributed by atoms with Crippen LogP contribution in [0, 0.1) is 11.8 Å². The maximum Gasteiger partial charge on any atom is 0.258 e. The number of unbranched alkanes of at least 4 members (excludes halogenated alkanes) is 2. The number of hydrogen-bond acceptors (Lipinski definition) is 8. The number of carbonyl (C=O) groups excluding carboxylic acids is 3. The summed E-state index contributed by atoms with van der Waals surface area (Å²) in [4.78, 5) is 43.9. The number of likely N-dealkylation sites (N-methyl/N-ethyl adjacent to an activating group) is 1. The van der Waals surface area contributed by atoms with Gasteiger partial charge in [0.2, 0.25) is 11.8 Å². The molecule has 294 valence electrons. The van der Waals surface area contributed by atoms with E-state index in [1.54, 1.807) is 35.2 Å². The number of carbonyl (C=O) groups is 3. The van der Waals surface area contributed by atoms with Crippen molar-refractivity contribution in [1.29, 1.82) is 0 Å². The number of ether oxygens (including phenoxy) is 2. The largest absolute Gasteiger partial charge is 0.490 e. The second-order valence-electron chi connectivity index (χ2n) is 15.5. The molecule has 53 heavy (non-hydrogen) atoms. The van der Waals surface area contributed by atoms with Crippen molar-refractivity contribution < 1.29 is 29.0 Å². The van der Waals surface area contributed by atoms with Crippen molar-refractivity contribution in [2.24, 2.45) is 11.8 Å². The normalized spacial score (nSPS) is 21.3. The number of benzene rings is 2. The van der Waals surface area contributed by atoms with Gasteiger partial charge in [-0.3, -0.25) is 14.4 Å². The summed E-state index contributed by atoms with van der Waals surface area (Å²) in [5, 5.41) is 16.1. The topological polar surface area (TPSA) is 146 Å². The Kier molecular flexibility index (Phi) is 17.4. The summed E-state index contributed by atoms with van der Waals surface area (Å²) in [6, 6.07) is 11.9. The van der Waals surface area contributed by atoms with Gasteiger partial charge in [0.05, 0.1) is 41.8 Å². The smallest absolute Gasteiger partial charge is 0.258 e. The summed E-state index contributed by atoms with van der Waals surface area (Å²) in [6.07, 6.45) is 11.6. The molecule has 2 aliphatic rings. The zero-order valence-electron chi connectivity index (χ0n) is 32.6. The first-order valence-corrected chi connectivity index (χ1v) is 20.0. The Morgan fingerprint density at radius 1 is 0.943 bits per heavy atom. The second kappa shape index (κ2) is 21.9. The highest BCUT2D eigenvalue weighted by molar-refractivity contribution is 6.00. The predicted molar refractivity (Wildman–Crippen MR) is 212 cm³/mol. The van der Waals surface area contributed by atoms with E-state index in [0.717, 1.165) is 38.3 Å². The minimum atomic E-state index is -0.436. The zero-order chi connectivity index (χ0) is 38.2. The molecule has 1 aliphatic heterocycles. The minimum absolute atomic E-state index is 0.0124. The monoisotopic (exact) mass is 735 g/mol. The van der Waals surface area contributed by atoms with Gasteiger partial charge in [-0.1, -0.05) is 44.7 Å². The molecule has 1 heterocycles. The van der Waals surface area contributed by atoms with Crippen molar-refractivity contribution in [3.63, 3.8) is 0 Å². The van der Waals surface area contributed by atoms with Crippen LogP contribution in [0.3, 0.4) is 0 Å². The molecule has 0 radical (unpaired) electrons. The first-order chi connectivity index (χ1) is 25.5. The fraction of sp³-hybridized carbons (Fsp3) is 0.643. The van der Waals surface area contributed by atoms with E-state index in [1.807, 2.05) is 26.0 Å². The van der Waals surface area contributed by atoms with Gasteiger partial charge in [-0.05, 0) is 102 Å². The molecule has 11 nitrogen and oxygen atoms in total. The van der Waals surface area contributed by atoms with Crippen LogP contribution in [0.1, 0.15) is 115 Å². The second-order valence-corrected chi connectivity index (χ2v) is 15.5. The lowest BCUT2D eigenvalue weighted by Gasteiger charge is -2.36. The zero-order valence-corrected chi connectivity index (χ0v) is 32.6. The number of aliphatic hydroxyl groups is 1. The Bertz CT molecular complexity index is 1450.